The number of aromatic nitrogens is 2. The number of benzene rings is 1. The van der Waals surface area contributed by atoms with Crippen LogP contribution >= 0.6 is 12.4 Å². The molecule has 0 spiro atoms. The highest BCUT2D eigenvalue weighted by molar-refractivity contribution is 5.85. The molecule has 1 aromatic carbocycles. The van der Waals surface area contributed by atoms with E-state index in [4.69, 9.17) is 5.73 Å². The lowest BCUT2D eigenvalue weighted by atomic mass is 10.2. The quantitative estimate of drug-likeness (QED) is 0.840. The minimum atomic E-state index is -0.174. The Hall–Kier alpha value is -1.32. The van der Waals surface area contributed by atoms with Crippen LogP contribution in [0.25, 0.3) is 11.3 Å². The number of rotatable bonds is 2. The molecule has 1 saturated carbocycles. The Labute approximate surface area is 100 Å². The Morgan fingerprint density at radius 2 is 1.88 bits per heavy atom. The maximum atomic E-state index is 6.07. The van der Waals surface area contributed by atoms with Crippen LogP contribution in [0.1, 0.15) is 18.7 Å². The second-order valence-electron chi connectivity index (χ2n) is 4.17. The molecular weight excluding hydrogens is 222 g/mol. The molecule has 0 amide bonds. The van der Waals surface area contributed by atoms with E-state index < -0.39 is 0 Å². The standard InChI is InChI=1S/C12H13N3.ClH/c13-12(6-7-12)11-14-8-10(15-11)9-4-2-1-3-5-9;/h1-5,8H,6-7,13H2,(H,14,15);1H. The molecule has 0 atom stereocenters. The third-order valence-electron chi connectivity index (χ3n) is 2.92. The van der Waals surface area contributed by atoms with Crippen molar-refractivity contribution in [1.29, 1.82) is 0 Å². The van der Waals surface area contributed by atoms with Crippen molar-refractivity contribution in [3.05, 3.63) is 42.4 Å². The first-order valence-electron chi connectivity index (χ1n) is 5.18. The highest BCUT2D eigenvalue weighted by atomic mass is 35.5. The third-order valence-corrected chi connectivity index (χ3v) is 2.92. The van der Waals surface area contributed by atoms with Crippen LogP contribution in [0.2, 0.25) is 0 Å². The van der Waals surface area contributed by atoms with Gasteiger partial charge in [0.2, 0.25) is 0 Å². The average molecular weight is 236 g/mol. The second kappa shape index (κ2) is 3.92. The maximum Gasteiger partial charge on any atom is 0.126 e. The predicted molar refractivity (Wildman–Crippen MR) is 66.4 cm³/mol. The second-order valence-corrected chi connectivity index (χ2v) is 4.17. The van der Waals surface area contributed by atoms with Gasteiger partial charge in [-0.05, 0) is 18.4 Å². The van der Waals surface area contributed by atoms with Crippen LogP contribution in [0.3, 0.4) is 0 Å². The van der Waals surface area contributed by atoms with Crippen LogP contribution in [0.5, 0.6) is 0 Å². The zero-order valence-corrected chi connectivity index (χ0v) is 9.63. The van der Waals surface area contributed by atoms with E-state index in [2.05, 4.69) is 22.1 Å². The molecule has 1 aliphatic rings. The van der Waals surface area contributed by atoms with Gasteiger partial charge in [-0.3, -0.25) is 0 Å². The van der Waals surface area contributed by atoms with Gasteiger partial charge in [0.05, 0.1) is 17.4 Å². The lowest BCUT2D eigenvalue weighted by molar-refractivity contribution is 0.685. The van der Waals surface area contributed by atoms with Gasteiger partial charge in [-0.1, -0.05) is 30.3 Å². The lowest BCUT2D eigenvalue weighted by Gasteiger charge is -2.02. The Bertz CT molecular complexity index is 474. The molecular formula is C12H14ClN3. The summed E-state index contributed by atoms with van der Waals surface area (Å²) in [6.07, 6.45) is 3.93. The Morgan fingerprint density at radius 3 is 2.50 bits per heavy atom. The van der Waals surface area contributed by atoms with Crippen LogP contribution in [0, 0.1) is 0 Å². The SMILES string of the molecule is Cl.NC1(c2ncc(-c3ccccc3)[nH]2)CC1. The van der Waals surface area contributed by atoms with Crippen molar-refractivity contribution < 1.29 is 0 Å². The number of H-pyrrole nitrogens is 1. The van der Waals surface area contributed by atoms with Gasteiger partial charge < -0.3 is 10.7 Å². The zero-order chi connectivity index (χ0) is 10.3. The Kier molecular flexibility index (Phi) is 2.74. The van der Waals surface area contributed by atoms with E-state index in [1.54, 1.807) is 0 Å². The van der Waals surface area contributed by atoms with Gasteiger partial charge in [0, 0.05) is 0 Å². The molecule has 84 valence electrons. The molecule has 16 heavy (non-hydrogen) atoms. The maximum absolute atomic E-state index is 6.07. The predicted octanol–water partition coefficient (Wildman–Crippen LogP) is 2.45. The monoisotopic (exact) mass is 235 g/mol. The summed E-state index contributed by atoms with van der Waals surface area (Å²) in [5, 5.41) is 0. The van der Waals surface area contributed by atoms with Crippen molar-refractivity contribution in [1.82, 2.24) is 9.97 Å². The number of halogens is 1. The summed E-state index contributed by atoms with van der Waals surface area (Å²) >= 11 is 0. The smallest absolute Gasteiger partial charge is 0.126 e. The average Bonchev–Trinajstić information content (AvgIpc) is 2.85. The Balaban J connectivity index is 0.000000963. The van der Waals surface area contributed by atoms with Gasteiger partial charge in [0.15, 0.2) is 0 Å². The molecule has 1 aromatic heterocycles. The van der Waals surface area contributed by atoms with Crippen molar-refractivity contribution in [2.45, 2.75) is 18.4 Å². The lowest BCUT2D eigenvalue weighted by Crippen LogP contribution is -2.20. The van der Waals surface area contributed by atoms with Crippen LogP contribution in [0.4, 0.5) is 0 Å². The molecule has 3 N–H and O–H groups in total. The number of imidazole rings is 1. The number of aromatic amines is 1. The van der Waals surface area contributed by atoms with Crippen LogP contribution in [-0.4, -0.2) is 9.97 Å². The molecule has 0 bridgehead atoms. The largest absolute Gasteiger partial charge is 0.340 e. The summed E-state index contributed by atoms with van der Waals surface area (Å²) in [6.45, 7) is 0. The molecule has 1 fully saturated rings. The summed E-state index contributed by atoms with van der Waals surface area (Å²) in [5.41, 5.74) is 8.09. The molecule has 0 aliphatic heterocycles. The molecule has 0 unspecified atom stereocenters. The molecule has 0 radical (unpaired) electrons. The first-order valence-corrected chi connectivity index (χ1v) is 5.18. The Morgan fingerprint density at radius 1 is 1.19 bits per heavy atom. The fraction of sp³-hybridized carbons (Fsp3) is 0.250. The van der Waals surface area contributed by atoms with E-state index >= 15 is 0 Å². The highest BCUT2D eigenvalue weighted by Gasteiger charge is 2.42. The van der Waals surface area contributed by atoms with Crippen LogP contribution in [-0.2, 0) is 5.54 Å². The molecule has 1 aliphatic carbocycles. The van der Waals surface area contributed by atoms with E-state index in [9.17, 15) is 0 Å². The fourth-order valence-electron chi connectivity index (χ4n) is 1.71. The summed E-state index contributed by atoms with van der Waals surface area (Å²) in [4.78, 5) is 7.64. The van der Waals surface area contributed by atoms with Gasteiger partial charge in [-0.25, -0.2) is 4.98 Å². The first kappa shape index (κ1) is 11.2. The summed E-state index contributed by atoms with van der Waals surface area (Å²) in [5.74, 6) is 0.918. The first-order chi connectivity index (χ1) is 7.28. The number of nitrogens with zero attached hydrogens (tertiary/aromatic N) is 1. The van der Waals surface area contributed by atoms with Gasteiger partial charge in [-0.2, -0.15) is 0 Å². The van der Waals surface area contributed by atoms with Crippen molar-refractivity contribution >= 4 is 12.4 Å². The van der Waals surface area contributed by atoms with Crippen molar-refractivity contribution in [2.24, 2.45) is 5.73 Å². The third kappa shape index (κ3) is 1.84. The van der Waals surface area contributed by atoms with Gasteiger partial charge in [-0.15, -0.1) is 12.4 Å². The molecule has 1 heterocycles. The van der Waals surface area contributed by atoms with Gasteiger partial charge >= 0.3 is 0 Å². The zero-order valence-electron chi connectivity index (χ0n) is 8.81. The van der Waals surface area contributed by atoms with Crippen LogP contribution < -0.4 is 5.73 Å². The normalized spacial score (nSPS) is 16.6. The van der Waals surface area contributed by atoms with E-state index in [0.29, 0.717) is 0 Å². The molecule has 0 saturated heterocycles. The van der Waals surface area contributed by atoms with E-state index in [0.717, 1.165) is 29.9 Å². The topological polar surface area (TPSA) is 54.7 Å². The molecule has 3 nitrogen and oxygen atoms in total. The molecule has 2 aromatic rings. The molecule has 3 rings (SSSR count). The molecule has 4 heteroatoms. The van der Waals surface area contributed by atoms with E-state index in [1.165, 1.54) is 0 Å². The summed E-state index contributed by atoms with van der Waals surface area (Å²) < 4.78 is 0. The minimum Gasteiger partial charge on any atom is -0.340 e. The van der Waals surface area contributed by atoms with E-state index in [1.807, 2.05) is 24.4 Å². The number of hydrogen-bond donors (Lipinski definition) is 2. The minimum absolute atomic E-state index is 0. The summed E-state index contributed by atoms with van der Waals surface area (Å²) in [7, 11) is 0. The van der Waals surface area contributed by atoms with Gasteiger partial charge in [0.1, 0.15) is 5.82 Å². The highest BCUT2D eigenvalue weighted by Crippen LogP contribution is 2.41. The van der Waals surface area contributed by atoms with Gasteiger partial charge in [0.25, 0.3) is 0 Å². The van der Waals surface area contributed by atoms with Crippen molar-refractivity contribution in [2.75, 3.05) is 0 Å². The van der Waals surface area contributed by atoms with E-state index in [-0.39, 0.29) is 17.9 Å². The fourth-order valence-corrected chi connectivity index (χ4v) is 1.71. The number of nitrogens with two attached hydrogens (primary N) is 1. The summed E-state index contributed by atoms with van der Waals surface area (Å²) in [6, 6.07) is 10.2. The van der Waals surface area contributed by atoms with Crippen LogP contribution in [0.15, 0.2) is 36.5 Å². The number of hydrogen-bond acceptors (Lipinski definition) is 2. The number of nitrogens with one attached hydrogen (secondary N) is 1. The van der Waals surface area contributed by atoms with Crippen molar-refractivity contribution in [3.63, 3.8) is 0 Å². The van der Waals surface area contributed by atoms with Crippen molar-refractivity contribution in [3.8, 4) is 11.3 Å².